The molecule has 0 heterocycles. The number of benzene rings is 2. The van der Waals surface area contributed by atoms with Gasteiger partial charge in [0.25, 0.3) is 17.5 Å². The zero-order valence-electron chi connectivity index (χ0n) is 13.4. The third-order valence-corrected chi connectivity index (χ3v) is 3.27. The van der Waals surface area contributed by atoms with Crippen molar-refractivity contribution in [1.29, 1.82) is 0 Å². The molecule has 0 aromatic heterocycles. The lowest BCUT2D eigenvalue weighted by molar-refractivity contribution is -0.384. The molecule has 0 bridgehead atoms. The normalized spacial score (nSPS) is 11.7. The highest BCUT2D eigenvalue weighted by Gasteiger charge is 2.15. The fraction of sp³-hybridized carbons (Fsp3) is 0.118. The van der Waals surface area contributed by atoms with Crippen molar-refractivity contribution in [3.63, 3.8) is 0 Å². The van der Waals surface area contributed by atoms with E-state index in [1.54, 1.807) is 30.3 Å². The van der Waals surface area contributed by atoms with Crippen LogP contribution in [0.2, 0.25) is 0 Å². The first-order valence-electron chi connectivity index (χ1n) is 7.40. The average Bonchev–Trinajstić information content (AvgIpc) is 2.62. The molecule has 1 unspecified atom stereocenters. The number of non-ortho nitro benzene ring substituents is 1. The molecule has 2 aromatic rings. The number of carbonyl (C=O) groups excluding carboxylic acids is 2. The molecule has 0 fully saturated rings. The maximum atomic E-state index is 12.0. The summed E-state index contributed by atoms with van der Waals surface area (Å²) >= 11 is 0. The van der Waals surface area contributed by atoms with E-state index in [4.69, 9.17) is 0 Å². The largest absolute Gasteiger partial charge is 0.340 e. The minimum absolute atomic E-state index is 0.0292. The first kappa shape index (κ1) is 17.8. The first-order chi connectivity index (χ1) is 12.0. The van der Waals surface area contributed by atoms with Crippen molar-refractivity contribution in [3.8, 4) is 0 Å². The molecular formula is C17H16N4O4. The predicted octanol–water partition coefficient (Wildman–Crippen LogP) is 1.86. The highest BCUT2D eigenvalue weighted by Crippen LogP contribution is 2.10. The number of nitrogens with zero attached hydrogens (tertiary/aromatic N) is 2. The van der Waals surface area contributed by atoms with E-state index < -0.39 is 16.9 Å². The first-order valence-corrected chi connectivity index (χ1v) is 7.40. The van der Waals surface area contributed by atoms with Gasteiger partial charge in [0.1, 0.15) is 6.04 Å². The van der Waals surface area contributed by atoms with Crippen molar-refractivity contribution in [2.45, 2.75) is 13.0 Å². The van der Waals surface area contributed by atoms with Crippen molar-refractivity contribution >= 4 is 23.7 Å². The van der Waals surface area contributed by atoms with Crippen LogP contribution in [0.15, 0.2) is 59.7 Å². The van der Waals surface area contributed by atoms with Crippen LogP contribution in [-0.4, -0.2) is 29.0 Å². The highest BCUT2D eigenvalue weighted by molar-refractivity contribution is 5.97. The minimum Gasteiger partial charge on any atom is -0.340 e. The number of nitro benzene ring substituents is 1. The summed E-state index contributed by atoms with van der Waals surface area (Å²) in [5.41, 5.74) is 3.32. The zero-order valence-corrected chi connectivity index (χ0v) is 13.4. The van der Waals surface area contributed by atoms with E-state index in [-0.39, 0.29) is 11.6 Å². The lowest BCUT2D eigenvalue weighted by Gasteiger charge is -2.12. The molecule has 8 nitrogen and oxygen atoms in total. The molecular weight excluding hydrogens is 324 g/mol. The molecule has 1 atom stereocenters. The summed E-state index contributed by atoms with van der Waals surface area (Å²) < 4.78 is 0. The van der Waals surface area contributed by atoms with Gasteiger partial charge in [-0.2, -0.15) is 5.10 Å². The molecule has 2 amide bonds. The number of nitrogens with one attached hydrogen (secondary N) is 2. The fourth-order valence-electron chi connectivity index (χ4n) is 1.88. The van der Waals surface area contributed by atoms with Gasteiger partial charge in [-0.3, -0.25) is 19.7 Å². The van der Waals surface area contributed by atoms with Gasteiger partial charge in [-0.25, -0.2) is 5.43 Å². The zero-order chi connectivity index (χ0) is 18.2. The monoisotopic (exact) mass is 340 g/mol. The van der Waals surface area contributed by atoms with E-state index in [0.717, 1.165) is 0 Å². The summed E-state index contributed by atoms with van der Waals surface area (Å²) in [7, 11) is 0. The van der Waals surface area contributed by atoms with E-state index in [1.165, 1.54) is 37.4 Å². The van der Waals surface area contributed by atoms with Gasteiger partial charge in [0.2, 0.25) is 0 Å². The molecule has 0 aliphatic rings. The van der Waals surface area contributed by atoms with Crippen LogP contribution in [0.4, 0.5) is 5.69 Å². The van der Waals surface area contributed by atoms with Crippen LogP contribution in [0.25, 0.3) is 0 Å². The van der Waals surface area contributed by atoms with Gasteiger partial charge < -0.3 is 5.32 Å². The number of rotatable bonds is 6. The lowest BCUT2D eigenvalue weighted by atomic mass is 10.2. The summed E-state index contributed by atoms with van der Waals surface area (Å²) in [6.07, 6.45) is 1.35. The van der Waals surface area contributed by atoms with Gasteiger partial charge in [0.15, 0.2) is 0 Å². The van der Waals surface area contributed by atoms with Crippen LogP contribution < -0.4 is 10.7 Å². The second kappa shape index (κ2) is 8.34. The Hall–Kier alpha value is -3.55. The Morgan fingerprint density at radius 1 is 1.12 bits per heavy atom. The van der Waals surface area contributed by atoms with Gasteiger partial charge in [-0.1, -0.05) is 18.2 Å². The Labute approximate surface area is 143 Å². The second-order valence-corrected chi connectivity index (χ2v) is 5.14. The SMILES string of the molecule is CC(NC(=O)c1ccccc1)C(=O)NN=Cc1ccc([N+](=O)[O-])cc1. The second-order valence-electron chi connectivity index (χ2n) is 5.14. The molecule has 2 N–H and O–H groups in total. The van der Waals surface area contributed by atoms with Crippen LogP contribution in [0.1, 0.15) is 22.8 Å². The quantitative estimate of drug-likeness (QED) is 0.474. The maximum absolute atomic E-state index is 12.0. The van der Waals surface area contributed by atoms with Gasteiger partial charge in [0, 0.05) is 17.7 Å². The Morgan fingerprint density at radius 3 is 2.36 bits per heavy atom. The topological polar surface area (TPSA) is 114 Å². The van der Waals surface area contributed by atoms with Crippen molar-refractivity contribution in [3.05, 3.63) is 75.8 Å². The van der Waals surface area contributed by atoms with Crippen LogP contribution in [-0.2, 0) is 4.79 Å². The molecule has 0 aliphatic heterocycles. The highest BCUT2D eigenvalue weighted by atomic mass is 16.6. The Morgan fingerprint density at radius 2 is 1.76 bits per heavy atom. The summed E-state index contributed by atoms with van der Waals surface area (Å²) in [5, 5.41) is 16.9. The van der Waals surface area contributed by atoms with Crippen molar-refractivity contribution < 1.29 is 14.5 Å². The van der Waals surface area contributed by atoms with Gasteiger partial charge in [0.05, 0.1) is 11.1 Å². The number of carbonyl (C=O) groups is 2. The maximum Gasteiger partial charge on any atom is 0.269 e. The Kier molecular flexibility index (Phi) is 5.94. The number of nitro groups is 1. The van der Waals surface area contributed by atoms with E-state index >= 15 is 0 Å². The average molecular weight is 340 g/mol. The third kappa shape index (κ3) is 5.24. The molecule has 0 aliphatic carbocycles. The van der Waals surface area contributed by atoms with E-state index in [0.29, 0.717) is 11.1 Å². The molecule has 0 spiro atoms. The number of hydrazone groups is 1. The fourth-order valence-corrected chi connectivity index (χ4v) is 1.88. The molecule has 0 saturated carbocycles. The van der Waals surface area contributed by atoms with E-state index in [2.05, 4.69) is 15.8 Å². The molecule has 2 rings (SSSR count). The minimum atomic E-state index is -0.776. The summed E-state index contributed by atoms with van der Waals surface area (Å²) in [5.74, 6) is -0.843. The van der Waals surface area contributed by atoms with Gasteiger partial charge >= 0.3 is 0 Å². The molecule has 0 radical (unpaired) electrons. The number of amides is 2. The van der Waals surface area contributed by atoms with Crippen molar-refractivity contribution in [1.82, 2.24) is 10.7 Å². The summed E-state index contributed by atoms with van der Waals surface area (Å²) in [6, 6.07) is 13.5. The molecule has 25 heavy (non-hydrogen) atoms. The number of hydrogen-bond donors (Lipinski definition) is 2. The molecule has 8 heteroatoms. The molecule has 128 valence electrons. The Bertz CT molecular complexity index is 788. The predicted molar refractivity (Wildman–Crippen MR) is 92.2 cm³/mol. The van der Waals surface area contributed by atoms with Gasteiger partial charge in [-0.15, -0.1) is 0 Å². The molecule has 2 aromatic carbocycles. The standard InChI is InChI=1S/C17H16N4O4/c1-12(19-17(23)14-5-3-2-4-6-14)16(22)20-18-11-13-7-9-15(10-8-13)21(24)25/h2-12H,1H3,(H,19,23)(H,20,22). The smallest absolute Gasteiger partial charge is 0.269 e. The van der Waals surface area contributed by atoms with E-state index in [1.807, 2.05) is 0 Å². The summed E-state index contributed by atoms with van der Waals surface area (Å²) in [4.78, 5) is 33.9. The van der Waals surface area contributed by atoms with Crippen LogP contribution in [0, 0.1) is 10.1 Å². The van der Waals surface area contributed by atoms with Crippen LogP contribution in [0.3, 0.4) is 0 Å². The van der Waals surface area contributed by atoms with Crippen LogP contribution in [0.5, 0.6) is 0 Å². The summed E-state index contributed by atoms with van der Waals surface area (Å²) in [6.45, 7) is 1.54. The van der Waals surface area contributed by atoms with Crippen molar-refractivity contribution in [2.24, 2.45) is 5.10 Å². The Balaban J connectivity index is 1.86. The van der Waals surface area contributed by atoms with Crippen LogP contribution >= 0.6 is 0 Å². The van der Waals surface area contributed by atoms with E-state index in [9.17, 15) is 19.7 Å². The third-order valence-electron chi connectivity index (χ3n) is 3.27. The lowest BCUT2D eigenvalue weighted by Crippen LogP contribution is -2.43. The number of hydrogen-bond acceptors (Lipinski definition) is 5. The van der Waals surface area contributed by atoms with Crippen molar-refractivity contribution in [2.75, 3.05) is 0 Å². The molecule has 0 saturated heterocycles. The van der Waals surface area contributed by atoms with Gasteiger partial charge in [-0.05, 0) is 36.8 Å².